The molecule has 1 saturated heterocycles. The Morgan fingerprint density at radius 2 is 1.81 bits per heavy atom. The molecular formula is C19H25N3O3S2. The molecule has 1 fully saturated rings. The number of hydrogen-bond acceptors (Lipinski definition) is 5. The summed E-state index contributed by atoms with van der Waals surface area (Å²) in [5.41, 5.74) is 0. The van der Waals surface area contributed by atoms with Gasteiger partial charge in [-0.15, -0.1) is 11.3 Å². The van der Waals surface area contributed by atoms with Crippen LogP contribution in [-0.4, -0.2) is 62.3 Å². The lowest BCUT2D eigenvalue weighted by atomic mass is 10.2. The Balaban J connectivity index is 1.48. The van der Waals surface area contributed by atoms with E-state index in [0.717, 1.165) is 6.42 Å². The number of benzene rings is 1. The maximum Gasteiger partial charge on any atom is 0.243 e. The summed E-state index contributed by atoms with van der Waals surface area (Å²) in [7, 11) is -3.46. The molecule has 0 unspecified atom stereocenters. The molecule has 0 radical (unpaired) electrons. The molecule has 0 spiro atoms. The highest BCUT2D eigenvalue weighted by atomic mass is 32.2. The Morgan fingerprint density at radius 3 is 2.44 bits per heavy atom. The summed E-state index contributed by atoms with van der Waals surface area (Å²) >= 11 is 1.69. The second-order valence-electron chi connectivity index (χ2n) is 6.55. The van der Waals surface area contributed by atoms with Gasteiger partial charge in [0.25, 0.3) is 0 Å². The summed E-state index contributed by atoms with van der Waals surface area (Å²) < 4.78 is 26.9. The molecule has 1 aliphatic rings. The maximum absolute atomic E-state index is 12.7. The van der Waals surface area contributed by atoms with E-state index in [-0.39, 0.29) is 11.9 Å². The minimum Gasteiger partial charge on any atom is -0.354 e. The minimum atomic E-state index is -3.46. The zero-order valence-corrected chi connectivity index (χ0v) is 17.0. The molecule has 1 amide bonds. The van der Waals surface area contributed by atoms with Crippen LogP contribution in [0.5, 0.6) is 0 Å². The SMILES string of the molecule is C[C@@H](C(=O)NCCc1cccs1)N1CCN(S(=O)(=O)c2ccccc2)CC1. The lowest BCUT2D eigenvalue weighted by molar-refractivity contribution is -0.126. The van der Waals surface area contributed by atoms with E-state index >= 15 is 0 Å². The number of nitrogens with one attached hydrogen (secondary N) is 1. The van der Waals surface area contributed by atoms with Crippen LogP contribution in [0.4, 0.5) is 0 Å². The van der Waals surface area contributed by atoms with Crippen molar-refractivity contribution < 1.29 is 13.2 Å². The first kappa shape index (κ1) is 20.0. The van der Waals surface area contributed by atoms with Crippen molar-refractivity contribution in [3.8, 4) is 0 Å². The lowest BCUT2D eigenvalue weighted by Crippen LogP contribution is -2.55. The van der Waals surface area contributed by atoms with Gasteiger partial charge in [0, 0.05) is 37.6 Å². The van der Waals surface area contributed by atoms with Crippen LogP contribution >= 0.6 is 11.3 Å². The second-order valence-corrected chi connectivity index (χ2v) is 9.52. The average molecular weight is 408 g/mol. The molecular weight excluding hydrogens is 382 g/mol. The topological polar surface area (TPSA) is 69.7 Å². The predicted molar refractivity (Wildman–Crippen MR) is 107 cm³/mol. The number of nitrogens with zero attached hydrogens (tertiary/aromatic N) is 2. The van der Waals surface area contributed by atoms with Crippen LogP contribution in [0.15, 0.2) is 52.7 Å². The average Bonchev–Trinajstić information content (AvgIpc) is 3.21. The van der Waals surface area contributed by atoms with Gasteiger partial charge in [-0.3, -0.25) is 9.69 Å². The van der Waals surface area contributed by atoms with Crippen molar-refractivity contribution in [1.82, 2.24) is 14.5 Å². The molecule has 1 atom stereocenters. The highest BCUT2D eigenvalue weighted by Gasteiger charge is 2.31. The maximum atomic E-state index is 12.7. The van der Waals surface area contributed by atoms with E-state index < -0.39 is 10.0 Å². The first-order valence-corrected chi connectivity index (χ1v) is 11.4. The molecule has 8 heteroatoms. The van der Waals surface area contributed by atoms with Crippen LogP contribution in [-0.2, 0) is 21.2 Å². The summed E-state index contributed by atoms with van der Waals surface area (Å²) in [5, 5.41) is 5.01. The van der Waals surface area contributed by atoms with Crippen molar-refractivity contribution >= 4 is 27.3 Å². The van der Waals surface area contributed by atoms with Gasteiger partial charge in [0.2, 0.25) is 15.9 Å². The molecule has 2 aromatic rings. The lowest BCUT2D eigenvalue weighted by Gasteiger charge is -2.36. The number of thiophene rings is 1. The van der Waals surface area contributed by atoms with Gasteiger partial charge in [0.05, 0.1) is 10.9 Å². The van der Waals surface area contributed by atoms with E-state index in [4.69, 9.17) is 0 Å². The fourth-order valence-corrected chi connectivity index (χ4v) is 5.30. The Kier molecular flexibility index (Phi) is 6.64. The molecule has 27 heavy (non-hydrogen) atoms. The molecule has 146 valence electrons. The highest BCUT2D eigenvalue weighted by Crippen LogP contribution is 2.18. The smallest absolute Gasteiger partial charge is 0.243 e. The van der Waals surface area contributed by atoms with Gasteiger partial charge in [-0.1, -0.05) is 24.3 Å². The Labute approximate surface area is 164 Å². The van der Waals surface area contributed by atoms with Crippen molar-refractivity contribution in [1.29, 1.82) is 0 Å². The fourth-order valence-electron chi connectivity index (χ4n) is 3.15. The van der Waals surface area contributed by atoms with Crippen molar-refractivity contribution in [3.05, 3.63) is 52.7 Å². The van der Waals surface area contributed by atoms with Crippen molar-refractivity contribution in [2.75, 3.05) is 32.7 Å². The molecule has 0 bridgehead atoms. The van der Waals surface area contributed by atoms with Gasteiger partial charge in [0.15, 0.2) is 0 Å². The summed E-state index contributed by atoms with van der Waals surface area (Å²) in [4.78, 5) is 16.0. The zero-order valence-electron chi connectivity index (χ0n) is 15.4. The Morgan fingerprint density at radius 1 is 1.11 bits per heavy atom. The number of piperazine rings is 1. The molecule has 1 N–H and O–H groups in total. The van der Waals surface area contributed by atoms with Crippen LogP contribution in [0, 0.1) is 0 Å². The van der Waals surface area contributed by atoms with Crippen molar-refractivity contribution in [3.63, 3.8) is 0 Å². The van der Waals surface area contributed by atoms with Crippen LogP contribution in [0.25, 0.3) is 0 Å². The van der Waals surface area contributed by atoms with E-state index in [1.807, 2.05) is 23.3 Å². The van der Waals surface area contributed by atoms with E-state index in [1.165, 1.54) is 9.18 Å². The van der Waals surface area contributed by atoms with Gasteiger partial charge in [-0.05, 0) is 36.9 Å². The zero-order chi connectivity index (χ0) is 19.3. The standard InChI is InChI=1S/C19H25N3O3S2/c1-16(19(23)20-10-9-17-6-5-15-26-17)21-11-13-22(14-12-21)27(24,25)18-7-3-2-4-8-18/h2-8,15-16H,9-14H2,1H3,(H,20,23)/t16-/m0/s1. The molecule has 1 aromatic carbocycles. The molecule has 2 heterocycles. The fraction of sp³-hybridized carbons (Fsp3) is 0.421. The van der Waals surface area contributed by atoms with E-state index in [1.54, 1.807) is 41.7 Å². The largest absolute Gasteiger partial charge is 0.354 e. The third-order valence-corrected chi connectivity index (χ3v) is 7.68. The molecule has 0 aliphatic carbocycles. The second kappa shape index (κ2) is 8.97. The van der Waals surface area contributed by atoms with Crippen LogP contribution in [0.2, 0.25) is 0 Å². The number of carbonyl (C=O) groups is 1. The van der Waals surface area contributed by atoms with Gasteiger partial charge in [-0.25, -0.2) is 8.42 Å². The summed E-state index contributed by atoms with van der Waals surface area (Å²) in [6.45, 7) is 4.37. The quantitative estimate of drug-likeness (QED) is 0.760. The number of sulfonamides is 1. The number of hydrogen-bond donors (Lipinski definition) is 1. The molecule has 0 saturated carbocycles. The third kappa shape index (κ3) is 4.95. The van der Waals surface area contributed by atoms with Gasteiger partial charge < -0.3 is 5.32 Å². The van der Waals surface area contributed by atoms with Crippen molar-refractivity contribution in [2.45, 2.75) is 24.3 Å². The molecule has 1 aliphatic heterocycles. The van der Waals surface area contributed by atoms with E-state index in [2.05, 4.69) is 11.4 Å². The monoisotopic (exact) mass is 407 g/mol. The molecule has 3 rings (SSSR count). The normalized spacial score (nSPS) is 17.5. The Bertz CT molecular complexity index is 830. The first-order chi connectivity index (χ1) is 13.0. The van der Waals surface area contributed by atoms with Crippen LogP contribution in [0.1, 0.15) is 11.8 Å². The van der Waals surface area contributed by atoms with Crippen molar-refractivity contribution in [2.24, 2.45) is 0 Å². The number of rotatable bonds is 7. The summed E-state index contributed by atoms with van der Waals surface area (Å²) in [6, 6.07) is 12.3. The predicted octanol–water partition coefficient (Wildman–Crippen LogP) is 1.80. The first-order valence-electron chi connectivity index (χ1n) is 9.08. The number of amides is 1. The van der Waals surface area contributed by atoms with Gasteiger partial charge in [0.1, 0.15) is 0 Å². The minimum absolute atomic E-state index is 0.00840. The van der Waals surface area contributed by atoms with Crippen LogP contribution in [0.3, 0.4) is 0 Å². The van der Waals surface area contributed by atoms with Gasteiger partial charge >= 0.3 is 0 Å². The summed E-state index contributed by atoms with van der Waals surface area (Å²) in [5.74, 6) is -0.00840. The third-order valence-electron chi connectivity index (χ3n) is 4.83. The van der Waals surface area contributed by atoms with E-state index in [0.29, 0.717) is 37.6 Å². The molecule has 6 nitrogen and oxygen atoms in total. The summed E-state index contributed by atoms with van der Waals surface area (Å²) in [6.07, 6.45) is 0.833. The number of carbonyl (C=O) groups excluding carboxylic acids is 1. The van der Waals surface area contributed by atoms with Crippen LogP contribution < -0.4 is 5.32 Å². The highest BCUT2D eigenvalue weighted by molar-refractivity contribution is 7.89. The van der Waals surface area contributed by atoms with E-state index in [9.17, 15) is 13.2 Å². The Hall–Kier alpha value is -1.74. The van der Waals surface area contributed by atoms with Gasteiger partial charge in [-0.2, -0.15) is 4.31 Å². The molecule has 1 aromatic heterocycles.